The second-order valence-corrected chi connectivity index (χ2v) is 5.27. The number of rotatable bonds is 3. The van der Waals surface area contributed by atoms with E-state index in [-0.39, 0.29) is 0 Å². The maximum atomic E-state index is 5.13. The van der Waals surface area contributed by atoms with Crippen molar-refractivity contribution in [2.45, 2.75) is 20.3 Å². The zero-order valence-electron chi connectivity index (χ0n) is 12.0. The van der Waals surface area contributed by atoms with Crippen LogP contribution in [0.15, 0.2) is 48.5 Å². The average molecular weight is 258 g/mol. The van der Waals surface area contributed by atoms with Crippen molar-refractivity contribution in [3.63, 3.8) is 0 Å². The van der Waals surface area contributed by atoms with Crippen LogP contribution in [0.3, 0.4) is 0 Å². The molecule has 0 N–H and O–H groups in total. The molecule has 0 aliphatic carbocycles. The van der Waals surface area contributed by atoms with E-state index >= 15 is 0 Å². The molecule has 0 spiro atoms. The first-order valence-electron chi connectivity index (χ1n) is 6.85. The van der Waals surface area contributed by atoms with Gasteiger partial charge in [0.2, 0.25) is 0 Å². The molecule has 0 saturated heterocycles. The maximum Gasteiger partial charge on any atom is 0.0255 e. The third-order valence-electron chi connectivity index (χ3n) is 3.07. The molecule has 2 aromatic carbocycles. The van der Waals surface area contributed by atoms with Crippen molar-refractivity contribution >= 4 is 0 Å². The summed E-state index contributed by atoms with van der Waals surface area (Å²) in [6, 6.07) is 16.9. The van der Waals surface area contributed by atoms with Crippen LogP contribution in [-0.2, 0) is 6.42 Å². The first kappa shape index (κ1) is 14.0. The summed E-state index contributed by atoms with van der Waals surface area (Å²) in [5, 5.41) is 0. The number of hydrogen-bond acceptors (Lipinski definition) is 0. The van der Waals surface area contributed by atoms with Gasteiger partial charge in [-0.15, -0.1) is 6.42 Å². The fraction of sp³-hybridized carbons (Fsp3) is 0.200. The van der Waals surface area contributed by atoms with Crippen molar-refractivity contribution in [1.82, 2.24) is 0 Å². The van der Waals surface area contributed by atoms with Crippen LogP contribution in [-0.4, -0.2) is 0 Å². The molecule has 0 heterocycles. The second kappa shape index (κ2) is 6.65. The van der Waals surface area contributed by atoms with Crippen LogP contribution in [0.5, 0.6) is 0 Å². The zero-order chi connectivity index (χ0) is 14.4. The molecule has 0 radical (unpaired) electrons. The molecule has 0 aromatic heterocycles. The highest BCUT2D eigenvalue weighted by Gasteiger charge is 2.01. The Bertz CT molecular complexity index is 670. The lowest BCUT2D eigenvalue weighted by Crippen LogP contribution is -1.93. The van der Waals surface area contributed by atoms with Crippen molar-refractivity contribution in [2.75, 3.05) is 0 Å². The largest absolute Gasteiger partial charge is 0.106 e. The predicted octanol–water partition coefficient (Wildman–Crippen LogP) is 4.54. The van der Waals surface area contributed by atoms with Crippen molar-refractivity contribution in [3.8, 4) is 35.3 Å². The SMILES string of the molecule is C#CC#Cc1ccc(-c2cccc(CC(C)C)c2)cc1. The number of terminal acetylenes is 1. The highest BCUT2D eigenvalue weighted by atomic mass is 14.1. The molecule has 2 aromatic rings. The van der Waals surface area contributed by atoms with Crippen LogP contribution < -0.4 is 0 Å². The summed E-state index contributed by atoms with van der Waals surface area (Å²) in [5.74, 6) is 8.56. The standard InChI is InChI=1S/C20H18/c1-4-5-7-17-10-12-19(13-11-17)20-9-6-8-18(15-20)14-16(2)3/h1,6,8-13,15-16H,14H2,2-3H3. The Morgan fingerprint density at radius 2 is 1.75 bits per heavy atom. The van der Waals surface area contributed by atoms with Crippen LogP contribution in [0.25, 0.3) is 11.1 Å². The van der Waals surface area contributed by atoms with Crippen LogP contribution in [0.2, 0.25) is 0 Å². The van der Waals surface area contributed by atoms with Gasteiger partial charge in [-0.25, -0.2) is 0 Å². The molecule has 0 heteroatoms. The molecule has 98 valence electrons. The monoisotopic (exact) mass is 258 g/mol. The summed E-state index contributed by atoms with van der Waals surface area (Å²) in [4.78, 5) is 0. The molecule has 0 saturated carbocycles. The third kappa shape index (κ3) is 3.78. The van der Waals surface area contributed by atoms with Gasteiger partial charge in [0.1, 0.15) is 0 Å². The Hall–Kier alpha value is -2.44. The van der Waals surface area contributed by atoms with Gasteiger partial charge in [-0.05, 0) is 53.0 Å². The number of benzene rings is 2. The van der Waals surface area contributed by atoms with Gasteiger partial charge in [0.05, 0.1) is 0 Å². The van der Waals surface area contributed by atoms with E-state index in [0.29, 0.717) is 5.92 Å². The molecule has 20 heavy (non-hydrogen) atoms. The van der Waals surface area contributed by atoms with E-state index in [4.69, 9.17) is 6.42 Å². The fourth-order valence-electron chi connectivity index (χ4n) is 2.20. The van der Waals surface area contributed by atoms with Gasteiger partial charge in [0, 0.05) is 5.56 Å². The third-order valence-corrected chi connectivity index (χ3v) is 3.07. The average Bonchev–Trinajstić information content (AvgIpc) is 2.45. The highest BCUT2D eigenvalue weighted by Crippen LogP contribution is 2.22. The van der Waals surface area contributed by atoms with Crippen molar-refractivity contribution in [3.05, 3.63) is 59.7 Å². The van der Waals surface area contributed by atoms with Gasteiger partial charge in [0.25, 0.3) is 0 Å². The van der Waals surface area contributed by atoms with Gasteiger partial charge in [-0.2, -0.15) is 0 Å². The molecule has 0 nitrogen and oxygen atoms in total. The minimum absolute atomic E-state index is 0.673. The predicted molar refractivity (Wildman–Crippen MR) is 86.1 cm³/mol. The van der Waals surface area contributed by atoms with E-state index in [2.05, 4.69) is 68.0 Å². The minimum Gasteiger partial charge on any atom is -0.106 e. The summed E-state index contributed by atoms with van der Waals surface area (Å²) < 4.78 is 0. The quantitative estimate of drug-likeness (QED) is 0.709. The lowest BCUT2D eigenvalue weighted by Gasteiger charge is -2.08. The smallest absolute Gasteiger partial charge is 0.0255 e. The number of hydrogen-bond donors (Lipinski definition) is 0. The molecule has 0 fully saturated rings. The van der Waals surface area contributed by atoms with Gasteiger partial charge >= 0.3 is 0 Å². The summed E-state index contributed by atoms with van der Waals surface area (Å²) in [6.45, 7) is 4.48. The lowest BCUT2D eigenvalue weighted by atomic mass is 9.97. The first-order valence-corrected chi connectivity index (χ1v) is 6.85. The zero-order valence-corrected chi connectivity index (χ0v) is 12.0. The summed E-state index contributed by atoms with van der Waals surface area (Å²) in [7, 11) is 0. The molecule has 0 amide bonds. The molecule has 0 atom stereocenters. The Balaban J connectivity index is 2.25. The normalized spacial score (nSPS) is 9.70. The summed E-state index contributed by atoms with van der Waals surface area (Å²) in [6.07, 6.45) is 6.24. The Kier molecular flexibility index (Phi) is 4.65. The Labute approximate surface area is 121 Å². The van der Waals surface area contributed by atoms with Crippen LogP contribution in [0.4, 0.5) is 0 Å². The van der Waals surface area contributed by atoms with Crippen molar-refractivity contribution in [2.24, 2.45) is 5.92 Å². The highest BCUT2D eigenvalue weighted by molar-refractivity contribution is 5.65. The van der Waals surface area contributed by atoms with E-state index in [9.17, 15) is 0 Å². The first-order chi connectivity index (χ1) is 9.69. The van der Waals surface area contributed by atoms with Crippen molar-refractivity contribution in [1.29, 1.82) is 0 Å². The fourth-order valence-corrected chi connectivity index (χ4v) is 2.20. The van der Waals surface area contributed by atoms with Gasteiger partial charge < -0.3 is 0 Å². The Morgan fingerprint density at radius 3 is 2.40 bits per heavy atom. The van der Waals surface area contributed by atoms with Gasteiger partial charge in [0.15, 0.2) is 0 Å². The molecular formula is C20H18. The van der Waals surface area contributed by atoms with E-state index in [1.54, 1.807) is 0 Å². The molecule has 0 aliphatic rings. The topological polar surface area (TPSA) is 0 Å². The van der Waals surface area contributed by atoms with Crippen molar-refractivity contribution < 1.29 is 0 Å². The summed E-state index contributed by atoms with van der Waals surface area (Å²) in [5.41, 5.74) is 4.79. The van der Waals surface area contributed by atoms with Crippen LogP contribution in [0, 0.1) is 30.1 Å². The van der Waals surface area contributed by atoms with E-state index < -0.39 is 0 Å². The summed E-state index contributed by atoms with van der Waals surface area (Å²) >= 11 is 0. The minimum atomic E-state index is 0.673. The lowest BCUT2D eigenvalue weighted by molar-refractivity contribution is 0.647. The van der Waals surface area contributed by atoms with Crippen LogP contribution in [0.1, 0.15) is 25.0 Å². The molecule has 0 aliphatic heterocycles. The van der Waals surface area contributed by atoms with E-state index in [0.717, 1.165) is 12.0 Å². The molecule has 0 unspecified atom stereocenters. The molecular weight excluding hydrogens is 240 g/mol. The Morgan fingerprint density at radius 1 is 1.00 bits per heavy atom. The van der Waals surface area contributed by atoms with Gasteiger partial charge in [-0.3, -0.25) is 0 Å². The molecule has 0 bridgehead atoms. The van der Waals surface area contributed by atoms with E-state index in [1.807, 2.05) is 12.1 Å². The van der Waals surface area contributed by atoms with E-state index in [1.165, 1.54) is 16.7 Å². The van der Waals surface area contributed by atoms with Crippen LogP contribution >= 0.6 is 0 Å². The second-order valence-electron chi connectivity index (χ2n) is 5.27. The maximum absolute atomic E-state index is 5.13. The van der Waals surface area contributed by atoms with Gasteiger partial charge in [-0.1, -0.05) is 56.2 Å². The molecule has 2 rings (SSSR count).